The number of H-pyrrole nitrogens is 1. The van der Waals surface area contributed by atoms with Crippen LogP contribution in [0.3, 0.4) is 0 Å². The Morgan fingerprint density at radius 1 is 1.53 bits per heavy atom. The van der Waals surface area contributed by atoms with Crippen LogP contribution in [0.5, 0.6) is 0 Å². The number of nitrogens with one attached hydrogen (secondary N) is 1. The van der Waals surface area contributed by atoms with Gasteiger partial charge in [-0.1, -0.05) is 17.7 Å². The van der Waals surface area contributed by atoms with Crippen molar-refractivity contribution in [1.82, 2.24) is 4.98 Å². The lowest BCUT2D eigenvalue weighted by Gasteiger charge is -2.04. The Morgan fingerprint density at radius 3 is 3.07 bits per heavy atom. The molecule has 1 atom stereocenters. The maximum Gasteiger partial charge on any atom is 0.0456 e. The quantitative estimate of drug-likeness (QED) is 0.734. The van der Waals surface area contributed by atoms with Gasteiger partial charge in [0.25, 0.3) is 0 Å². The van der Waals surface area contributed by atoms with E-state index in [9.17, 15) is 0 Å². The maximum atomic E-state index is 5.86. The summed E-state index contributed by atoms with van der Waals surface area (Å²) in [6, 6.07) is 6.44. The molecule has 15 heavy (non-hydrogen) atoms. The van der Waals surface area contributed by atoms with E-state index in [1.807, 2.05) is 6.20 Å². The topological polar surface area (TPSA) is 41.8 Å². The molecule has 0 amide bonds. The third-order valence-electron chi connectivity index (χ3n) is 2.68. The van der Waals surface area contributed by atoms with Crippen molar-refractivity contribution in [3.63, 3.8) is 0 Å². The van der Waals surface area contributed by atoms with Gasteiger partial charge >= 0.3 is 0 Å². The number of hydrogen-bond donors (Lipinski definition) is 2. The van der Waals surface area contributed by atoms with Crippen LogP contribution in [-0.2, 0) is 6.42 Å². The third-order valence-corrected chi connectivity index (χ3v) is 2.68. The van der Waals surface area contributed by atoms with E-state index >= 15 is 0 Å². The van der Waals surface area contributed by atoms with Crippen molar-refractivity contribution in [1.29, 1.82) is 0 Å². The molecule has 1 unspecified atom stereocenters. The SMILES string of the molecule is C=CC(N)Cc1c[nH]c2ccc(C)cc12. The fraction of sp³-hybridized carbons (Fsp3) is 0.231. The van der Waals surface area contributed by atoms with Crippen LogP contribution in [0, 0.1) is 6.92 Å². The van der Waals surface area contributed by atoms with Gasteiger partial charge in [0.05, 0.1) is 0 Å². The lowest BCUT2D eigenvalue weighted by Crippen LogP contribution is -2.18. The molecule has 0 aliphatic heterocycles. The van der Waals surface area contributed by atoms with Crippen LogP contribution in [0.4, 0.5) is 0 Å². The first-order chi connectivity index (χ1) is 7.20. The zero-order valence-corrected chi connectivity index (χ0v) is 8.96. The van der Waals surface area contributed by atoms with Gasteiger partial charge in [0, 0.05) is 23.1 Å². The van der Waals surface area contributed by atoms with Gasteiger partial charge in [-0.3, -0.25) is 0 Å². The van der Waals surface area contributed by atoms with Crippen molar-refractivity contribution >= 4 is 10.9 Å². The highest BCUT2D eigenvalue weighted by Crippen LogP contribution is 2.20. The average Bonchev–Trinajstić information content (AvgIpc) is 2.61. The van der Waals surface area contributed by atoms with Crippen LogP contribution in [0.25, 0.3) is 10.9 Å². The lowest BCUT2D eigenvalue weighted by atomic mass is 10.0. The van der Waals surface area contributed by atoms with E-state index in [1.54, 1.807) is 6.08 Å². The van der Waals surface area contributed by atoms with Crippen molar-refractivity contribution in [3.05, 3.63) is 48.2 Å². The molecule has 0 aliphatic rings. The normalized spacial score (nSPS) is 12.9. The summed E-state index contributed by atoms with van der Waals surface area (Å²) in [5, 5.41) is 1.27. The fourth-order valence-corrected chi connectivity index (χ4v) is 1.80. The molecule has 1 aromatic heterocycles. The first kappa shape index (κ1) is 9.99. The van der Waals surface area contributed by atoms with Crippen molar-refractivity contribution < 1.29 is 0 Å². The van der Waals surface area contributed by atoms with Crippen LogP contribution >= 0.6 is 0 Å². The number of hydrogen-bond acceptors (Lipinski definition) is 1. The minimum Gasteiger partial charge on any atom is -0.361 e. The fourth-order valence-electron chi connectivity index (χ4n) is 1.80. The zero-order chi connectivity index (χ0) is 10.8. The minimum atomic E-state index is 0.0320. The molecule has 1 heterocycles. The molecule has 2 rings (SSSR count). The standard InChI is InChI=1S/C13H16N2/c1-3-11(14)7-10-8-15-13-5-4-9(2)6-12(10)13/h3-6,8,11,15H,1,7,14H2,2H3. The highest BCUT2D eigenvalue weighted by molar-refractivity contribution is 5.83. The number of rotatable bonds is 3. The molecule has 78 valence electrons. The molecule has 0 fully saturated rings. The summed E-state index contributed by atoms with van der Waals surface area (Å²) in [5.41, 5.74) is 9.57. The van der Waals surface area contributed by atoms with Gasteiger partial charge in [-0.25, -0.2) is 0 Å². The highest BCUT2D eigenvalue weighted by Gasteiger charge is 2.06. The molecular weight excluding hydrogens is 184 g/mol. The van der Waals surface area contributed by atoms with E-state index in [-0.39, 0.29) is 6.04 Å². The first-order valence-corrected chi connectivity index (χ1v) is 5.15. The van der Waals surface area contributed by atoms with Crippen LogP contribution in [-0.4, -0.2) is 11.0 Å². The van der Waals surface area contributed by atoms with Gasteiger partial charge in [-0.15, -0.1) is 6.58 Å². The number of aryl methyl sites for hydroxylation is 1. The number of aromatic nitrogens is 1. The Balaban J connectivity index is 2.43. The number of fused-ring (bicyclic) bond motifs is 1. The predicted octanol–water partition coefficient (Wildman–Crippen LogP) is 2.53. The molecule has 2 aromatic rings. The Bertz CT molecular complexity index is 482. The van der Waals surface area contributed by atoms with E-state index in [0.717, 1.165) is 6.42 Å². The minimum absolute atomic E-state index is 0.0320. The summed E-state index contributed by atoms with van der Waals surface area (Å²) in [4.78, 5) is 3.25. The van der Waals surface area contributed by atoms with E-state index in [0.29, 0.717) is 0 Å². The average molecular weight is 200 g/mol. The summed E-state index contributed by atoms with van der Waals surface area (Å²) in [6.07, 6.45) is 4.66. The second-order valence-corrected chi connectivity index (χ2v) is 3.97. The summed E-state index contributed by atoms with van der Waals surface area (Å²) >= 11 is 0. The van der Waals surface area contributed by atoms with Crippen LogP contribution in [0.15, 0.2) is 37.1 Å². The van der Waals surface area contributed by atoms with Gasteiger partial charge in [-0.05, 0) is 31.0 Å². The Labute approximate surface area is 89.8 Å². The first-order valence-electron chi connectivity index (χ1n) is 5.15. The molecule has 0 saturated carbocycles. The smallest absolute Gasteiger partial charge is 0.0456 e. The van der Waals surface area contributed by atoms with Crippen LogP contribution in [0.1, 0.15) is 11.1 Å². The maximum absolute atomic E-state index is 5.86. The van der Waals surface area contributed by atoms with Gasteiger partial charge in [0.15, 0.2) is 0 Å². The van der Waals surface area contributed by atoms with E-state index in [2.05, 4.69) is 36.7 Å². The highest BCUT2D eigenvalue weighted by atomic mass is 14.7. The Kier molecular flexibility index (Phi) is 2.60. The van der Waals surface area contributed by atoms with E-state index in [1.165, 1.54) is 22.0 Å². The summed E-state index contributed by atoms with van der Waals surface area (Å²) in [7, 11) is 0. The van der Waals surface area contributed by atoms with Gasteiger partial charge < -0.3 is 10.7 Å². The second-order valence-electron chi connectivity index (χ2n) is 3.97. The van der Waals surface area contributed by atoms with E-state index < -0.39 is 0 Å². The molecule has 0 aliphatic carbocycles. The Hall–Kier alpha value is -1.54. The largest absolute Gasteiger partial charge is 0.361 e. The van der Waals surface area contributed by atoms with Crippen LogP contribution in [0.2, 0.25) is 0 Å². The number of aromatic amines is 1. The molecular formula is C13H16N2. The van der Waals surface area contributed by atoms with Crippen molar-refractivity contribution in [2.75, 3.05) is 0 Å². The lowest BCUT2D eigenvalue weighted by molar-refractivity contribution is 0.816. The molecule has 1 aromatic carbocycles. The molecule has 3 N–H and O–H groups in total. The summed E-state index contributed by atoms with van der Waals surface area (Å²) in [5.74, 6) is 0. The summed E-state index contributed by atoms with van der Waals surface area (Å²) < 4.78 is 0. The van der Waals surface area contributed by atoms with Crippen molar-refractivity contribution in [3.8, 4) is 0 Å². The molecule has 0 spiro atoms. The van der Waals surface area contributed by atoms with Crippen LogP contribution < -0.4 is 5.73 Å². The number of benzene rings is 1. The van der Waals surface area contributed by atoms with Gasteiger partial charge in [-0.2, -0.15) is 0 Å². The number of nitrogens with two attached hydrogens (primary N) is 1. The van der Waals surface area contributed by atoms with Gasteiger partial charge in [0.1, 0.15) is 0 Å². The van der Waals surface area contributed by atoms with Crippen molar-refractivity contribution in [2.45, 2.75) is 19.4 Å². The molecule has 2 nitrogen and oxygen atoms in total. The van der Waals surface area contributed by atoms with Gasteiger partial charge in [0.2, 0.25) is 0 Å². The molecule has 0 bridgehead atoms. The summed E-state index contributed by atoms with van der Waals surface area (Å²) in [6.45, 7) is 5.80. The van der Waals surface area contributed by atoms with E-state index in [4.69, 9.17) is 5.73 Å². The second kappa shape index (κ2) is 3.91. The predicted molar refractivity (Wildman–Crippen MR) is 64.9 cm³/mol. The van der Waals surface area contributed by atoms with Crippen molar-refractivity contribution in [2.24, 2.45) is 5.73 Å². The zero-order valence-electron chi connectivity index (χ0n) is 8.96. The molecule has 2 heteroatoms. The third kappa shape index (κ3) is 1.95. The monoisotopic (exact) mass is 200 g/mol. The molecule has 0 radical (unpaired) electrons. The Morgan fingerprint density at radius 2 is 2.33 bits per heavy atom. The molecule has 0 saturated heterocycles.